The van der Waals surface area contributed by atoms with Crippen molar-refractivity contribution in [1.82, 2.24) is 10.2 Å². The van der Waals surface area contributed by atoms with Gasteiger partial charge in [-0.2, -0.15) is 0 Å². The number of nitrogens with one attached hydrogen (secondary N) is 1. The average Bonchev–Trinajstić information content (AvgIpc) is 2.13. The molecule has 15 heavy (non-hydrogen) atoms. The Bertz CT molecular complexity index is 220. The minimum atomic E-state index is -1.04. The normalized spacial score (nSPS) is 11.9. The van der Waals surface area contributed by atoms with E-state index in [1.54, 1.807) is 0 Å². The third kappa shape index (κ3) is 6.73. The fraction of sp³-hybridized carbons (Fsp3) is 0.778. The van der Waals surface area contributed by atoms with E-state index in [0.717, 1.165) is 4.90 Å². The second kappa shape index (κ2) is 7.05. The van der Waals surface area contributed by atoms with Gasteiger partial charge >= 0.3 is 12.0 Å². The molecule has 6 nitrogen and oxygen atoms in total. The topological polar surface area (TPSA) is 78.9 Å². The lowest BCUT2D eigenvalue weighted by molar-refractivity contribution is -0.137. The third-order valence-corrected chi connectivity index (χ3v) is 1.71. The Balaban J connectivity index is 3.77. The number of carboxylic acid groups (broad SMARTS) is 1. The van der Waals surface area contributed by atoms with Crippen molar-refractivity contribution in [3.05, 3.63) is 0 Å². The van der Waals surface area contributed by atoms with Crippen molar-refractivity contribution in [3.63, 3.8) is 0 Å². The number of nitrogens with zero attached hydrogens (tertiary/aromatic N) is 1. The van der Waals surface area contributed by atoms with E-state index in [-0.39, 0.29) is 12.6 Å². The van der Waals surface area contributed by atoms with E-state index in [0.29, 0.717) is 13.2 Å². The van der Waals surface area contributed by atoms with Crippen LogP contribution in [-0.2, 0) is 9.53 Å². The Kier molecular flexibility index (Phi) is 6.44. The molecule has 0 heterocycles. The lowest BCUT2D eigenvalue weighted by Gasteiger charge is -2.18. The Labute approximate surface area is 89.2 Å². The van der Waals surface area contributed by atoms with Gasteiger partial charge in [0.25, 0.3) is 0 Å². The minimum absolute atomic E-state index is 0.0721. The Morgan fingerprint density at radius 2 is 2.13 bits per heavy atom. The molecule has 0 aromatic rings. The zero-order valence-electron chi connectivity index (χ0n) is 9.32. The summed E-state index contributed by atoms with van der Waals surface area (Å²) in [5.41, 5.74) is 0. The molecule has 0 radical (unpaired) electrons. The summed E-state index contributed by atoms with van der Waals surface area (Å²) in [5, 5.41) is 11.0. The zero-order chi connectivity index (χ0) is 11.8. The highest BCUT2D eigenvalue weighted by Crippen LogP contribution is 1.89. The van der Waals surface area contributed by atoms with E-state index < -0.39 is 12.0 Å². The summed E-state index contributed by atoms with van der Waals surface area (Å²) >= 11 is 0. The van der Waals surface area contributed by atoms with Gasteiger partial charge in [0.2, 0.25) is 0 Å². The van der Waals surface area contributed by atoms with Gasteiger partial charge in [-0.15, -0.1) is 0 Å². The van der Waals surface area contributed by atoms with Gasteiger partial charge in [-0.25, -0.2) is 4.79 Å². The summed E-state index contributed by atoms with van der Waals surface area (Å²) in [6.45, 7) is 4.35. The van der Waals surface area contributed by atoms with Crippen molar-refractivity contribution in [1.29, 1.82) is 0 Å². The summed E-state index contributed by atoms with van der Waals surface area (Å²) < 4.78 is 5.20. The van der Waals surface area contributed by atoms with Gasteiger partial charge in [0.15, 0.2) is 0 Å². The second-order valence-electron chi connectivity index (χ2n) is 3.20. The molecule has 0 spiro atoms. The molecular weight excluding hydrogens is 200 g/mol. The van der Waals surface area contributed by atoms with Crippen molar-refractivity contribution in [2.45, 2.75) is 20.0 Å². The van der Waals surface area contributed by atoms with E-state index in [1.807, 2.05) is 13.8 Å². The van der Waals surface area contributed by atoms with Crippen LogP contribution in [0.4, 0.5) is 4.79 Å². The number of carboxylic acids is 1. The van der Waals surface area contributed by atoms with Crippen LogP contribution in [-0.4, -0.2) is 54.9 Å². The van der Waals surface area contributed by atoms with Crippen LogP contribution in [0.2, 0.25) is 0 Å². The number of rotatable bonds is 6. The number of hydrogen-bond donors (Lipinski definition) is 2. The maximum atomic E-state index is 11.3. The number of aliphatic carboxylic acids is 1. The summed E-state index contributed by atoms with van der Waals surface area (Å²) in [6, 6.07) is -0.413. The van der Waals surface area contributed by atoms with Crippen LogP contribution in [0.3, 0.4) is 0 Å². The van der Waals surface area contributed by atoms with Crippen LogP contribution in [0, 0.1) is 0 Å². The highest BCUT2D eigenvalue weighted by Gasteiger charge is 2.12. The first-order chi connectivity index (χ1) is 6.97. The van der Waals surface area contributed by atoms with Crippen LogP contribution < -0.4 is 5.32 Å². The quantitative estimate of drug-likeness (QED) is 0.664. The minimum Gasteiger partial charge on any atom is -0.480 e. The van der Waals surface area contributed by atoms with Crippen LogP contribution in [0.5, 0.6) is 0 Å². The van der Waals surface area contributed by atoms with Gasteiger partial charge in [0.1, 0.15) is 6.54 Å². The van der Waals surface area contributed by atoms with Crippen molar-refractivity contribution in [2.24, 2.45) is 0 Å². The lowest BCUT2D eigenvalue weighted by atomic mass is 10.4. The second-order valence-corrected chi connectivity index (χ2v) is 3.20. The first-order valence-corrected chi connectivity index (χ1v) is 4.79. The number of likely N-dealkylation sites (N-methyl/N-ethyl adjacent to an activating group) is 1. The molecule has 0 aromatic carbocycles. The molecule has 0 aliphatic carbocycles. The van der Waals surface area contributed by atoms with Crippen molar-refractivity contribution < 1.29 is 19.4 Å². The van der Waals surface area contributed by atoms with Gasteiger partial charge in [0, 0.05) is 20.2 Å². The molecule has 2 N–H and O–H groups in total. The molecule has 0 aliphatic heterocycles. The summed E-state index contributed by atoms with van der Waals surface area (Å²) in [7, 11) is 1.43. The van der Waals surface area contributed by atoms with Gasteiger partial charge in [0.05, 0.1) is 6.10 Å². The SMILES string of the molecule is CCOC(C)CNC(=O)N(C)CC(=O)O. The monoisotopic (exact) mass is 218 g/mol. The van der Waals surface area contributed by atoms with Gasteiger partial charge in [-0.3, -0.25) is 4.79 Å². The average molecular weight is 218 g/mol. The first-order valence-electron chi connectivity index (χ1n) is 4.79. The maximum Gasteiger partial charge on any atom is 0.323 e. The van der Waals surface area contributed by atoms with E-state index in [9.17, 15) is 9.59 Å². The molecule has 0 fully saturated rings. The summed E-state index contributed by atoms with van der Waals surface area (Å²) in [6.07, 6.45) is -0.0721. The summed E-state index contributed by atoms with van der Waals surface area (Å²) in [4.78, 5) is 22.7. The Hall–Kier alpha value is -1.30. The van der Waals surface area contributed by atoms with Crippen LogP contribution in [0.25, 0.3) is 0 Å². The van der Waals surface area contributed by atoms with Crippen LogP contribution >= 0.6 is 0 Å². The van der Waals surface area contributed by atoms with Gasteiger partial charge in [-0.05, 0) is 13.8 Å². The molecule has 6 heteroatoms. The molecule has 1 atom stereocenters. The molecule has 0 aliphatic rings. The van der Waals surface area contributed by atoms with E-state index in [2.05, 4.69) is 5.32 Å². The smallest absolute Gasteiger partial charge is 0.323 e. The molecule has 1 unspecified atom stereocenters. The molecule has 0 aromatic heterocycles. The predicted octanol–water partition coefficient (Wildman–Crippen LogP) is 0.137. The predicted molar refractivity (Wildman–Crippen MR) is 54.8 cm³/mol. The highest BCUT2D eigenvalue weighted by atomic mass is 16.5. The van der Waals surface area contributed by atoms with E-state index in [1.165, 1.54) is 7.05 Å². The standard InChI is InChI=1S/C9H18N2O4/c1-4-15-7(2)5-10-9(14)11(3)6-8(12)13/h7H,4-6H2,1-3H3,(H,10,14)(H,12,13). The van der Waals surface area contributed by atoms with Gasteiger partial charge < -0.3 is 20.1 Å². The Morgan fingerprint density at radius 1 is 1.53 bits per heavy atom. The van der Waals surface area contributed by atoms with E-state index in [4.69, 9.17) is 9.84 Å². The first kappa shape index (κ1) is 13.7. The molecule has 0 saturated heterocycles. The molecule has 0 rings (SSSR count). The zero-order valence-corrected chi connectivity index (χ0v) is 9.32. The molecule has 0 bridgehead atoms. The molecular formula is C9H18N2O4. The largest absolute Gasteiger partial charge is 0.480 e. The molecule has 2 amide bonds. The lowest BCUT2D eigenvalue weighted by Crippen LogP contribution is -2.42. The highest BCUT2D eigenvalue weighted by molar-refractivity contribution is 5.79. The fourth-order valence-corrected chi connectivity index (χ4v) is 0.984. The molecule has 0 saturated carbocycles. The number of carbonyl (C=O) groups is 2. The van der Waals surface area contributed by atoms with Crippen molar-refractivity contribution in [2.75, 3.05) is 26.7 Å². The number of hydrogen-bond acceptors (Lipinski definition) is 3. The van der Waals surface area contributed by atoms with Crippen molar-refractivity contribution in [3.8, 4) is 0 Å². The number of amides is 2. The third-order valence-electron chi connectivity index (χ3n) is 1.71. The van der Waals surface area contributed by atoms with E-state index >= 15 is 0 Å². The summed E-state index contributed by atoms with van der Waals surface area (Å²) in [5.74, 6) is -1.04. The van der Waals surface area contributed by atoms with Crippen molar-refractivity contribution >= 4 is 12.0 Å². The Morgan fingerprint density at radius 3 is 2.60 bits per heavy atom. The molecule has 88 valence electrons. The van der Waals surface area contributed by atoms with Gasteiger partial charge in [-0.1, -0.05) is 0 Å². The fourth-order valence-electron chi connectivity index (χ4n) is 0.984. The number of ether oxygens (including phenoxy) is 1. The number of carbonyl (C=O) groups excluding carboxylic acids is 1. The van der Waals surface area contributed by atoms with Crippen LogP contribution in [0.1, 0.15) is 13.8 Å². The number of urea groups is 1. The maximum absolute atomic E-state index is 11.3. The van der Waals surface area contributed by atoms with Crippen LogP contribution in [0.15, 0.2) is 0 Å².